The van der Waals surface area contributed by atoms with E-state index in [1.54, 1.807) is 6.92 Å². The van der Waals surface area contributed by atoms with Crippen LogP contribution in [0.1, 0.15) is 13.3 Å². The summed E-state index contributed by atoms with van der Waals surface area (Å²) in [7, 11) is -3.12. The summed E-state index contributed by atoms with van der Waals surface area (Å²) in [4.78, 5) is 14.4. The summed E-state index contributed by atoms with van der Waals surface area (Å²) in [6, 6.07) is 2.63. The Kier molecular flexibility index (Phi) is 3.52. The number of hydrogen-bond acceptors (Lipinski definition) is 8. The molecule has 110 valence electrons. The molecule has 1 atom stereocenters. The summed E-state index contributed by atoms with van der Waals surface area (Å²) < 4.78 is 23.1. The van der Waals surface area contributed by atoms with Crippen molar-refractivity contribution in [1.29, 1.82) is 0 Å². The monoisotopic (exact) mass is 301 g/mol. The zero-order chi connectivity index (χ0) is 15.0. The lowest BCUT2D eigenvalue weighted by atomic mass is 10.0. The highest BCUT2D eigenvalue weighted by Gasteiger charge is 2.39. The van der Waals surface area contributed by atoms with Crippen molar-refractivity contribution in [2.24, 2.45) is 5.84 Å². The number of sulfone groups is 1. The van der Waals surface area contributed by atoms with E-state index in [-0.39, 0.29) is 28.8 Å². The van der Waals surface area contributed by atoms with Crippen LogP contribution in [0.4, 0.5) is 17.3 Å². The molecule has 1 aliphatic rings. The molecular formula is C10H15N5O4S. The second-order valence-corrected chi connectivity index (χ2v) is 7.18. The van der Waals surface area contributed by atoms with Crippen molar-refractivity contribution >= 4 is 27.2 Å². The number of nitrogen functional groups attached to an aromatic ring is 1. The molecule has 0 saturated carbocycles. The molecule has 0 aliphatic carbocycles. The maximum Gasteiger partial charge on any atom is 0.311 e. The molecule has 1 aliphatic heterocycles. The third-order valence-electron chi connectivity index (χ3n) is 3.14. The lowest BCUT2D eigenvalue weighted by molar-refractivity contribution is -0.384. The first-order valence-electron chi connectivity index (χ1n) is 5.85. The quantitative estimate of drug-likeness (QED) is 0.409. The number of anilines is 2. The van der Waals surface area contributed by atoms with Crippen LogP contribution in [0.3, 0.4) is 0 Å². The Morgan fingerprint density at radius 3 is 2.70 bits per heavy atom. The van der Waals surface area contributed by atoms with E-state index in [4.69, 9.17) is 5.84 Å². The number of hydrazine groups is 1. The Labute approximate surface area is 115 Å². The fourth-order valence-corrected chi connectivity index (χ4v) is 4.26. The fraction of sp³-hybridized carbons (Fsp3) is 0.500. The van der Waals surface area contributed by atoms with Gasteiger partial charge in [-0.25, -0.2) is 19.2 Å². The van der Waals surface area contributed by atoms with E-state index in [0.29, 0.717) is 6.42 Å². The van der Waals surface area contributed by atoms with E-state index < -0.39 is 20.3 Å². The van der Waals surface area contributed by atoms with Crippen LogP contribution in [-0.4, -0.2) is 35.4 Å². The summed E-state index contributed by atoms with van der Waals surface area (Å²) in [5.74, 6) is 5.45. The van der Waals surface area contributed by atoms with Gasteiger partial charge in [0, 0.05) is 6.07 Å². The van der Waals surface area contributed by atoms with Gasteiger partial charge in [0.05, 0.1) is 22.0 Å². The highest BCUT2D eigenvalue weighted by atomic mass is 32.2. The highest BCUT2D eigenvalue weighted by Crippen LogP contribution is 2.31. The van der Waals surface area contributed by atoms with E-state index in [0.717, 1.165) is 0 Å². The first-order valence-corrected chi connectivity index (χ1v) is 7.67. The minimum absolute atomic E-state index is 0.00468. The number of nitro groups is 1. The predicted molar refractivity (Wildman–Crippen MR) is 74.0 cm³/mol. The van der Waals surface area contributed by atoms with Gasteiger partial charge in [0.2, 0.25) is 5.82 Å². The van der Waals surface area contributed by atoms with E-state index >= 15 is 0 Å². The second-order valence-electron chi connectivity index (χ2n) is 4.99. The lowest BCUT2D eigenvalue weighted by Crippen LogP contribution is -2.36. The minimum atomic E-state index is -3.12. The summed E-state index contributed by atoms with van der Waals surface area (Å²) in [5.41, 5.74) is 1.29. The zero-order valence-corrected chi connectivity index (χ0v) is 11.6. The molecule has 1 aromatic heterocycles. The normalized spacial score (nSPS) is 24.3. The van der Waals surface area contributed by atoms with Crippen molar-refractivity contribution in [2.75, 3.05) is 22.2 Å². The van der Waals surface area contributed by atoms with Gasteiger partial charge in [0.1, 0.15) is 5.82 Å². The SMILES string of the molecule is CC1(Nc2nc(NN)ccc2[N+](=O)[O-])CCS(=O)(=O)C1. The number of nitrogens with zero attached hydrogens (tertiary/aromatic N) is 2. The van der Waals surface area contributed by atoms with Gasteiger partial charge in [-0.3, -0.25) is 10.1 Å². The van der Waals surface area contributed by atoms with E-state index in [1.165, 1.54) is 12.1 Å². The molecular weight excluding hydrogens is 286 g/mol. The average Bonchev–Trinajstić information content (AvgIpc) is 2.62. The Bertz CT molecular complexity index is 647. The Morgan fingerprint density at radius 2 is 2.20 bits per heavy atom. The summed E-state index contributed by atoms with van der Waals surface area (Å²) in [5, 5.41) is 13.9. The molecule has 1 aromatic rings. The van der Waals surface area contributed by atoms with Crippen LogP contribution in [0.15, 0.2) is 12.1 Å². The molecule has 1 fully saturated rings. The molecule has 10 heteroatoms. The molecule has 20 heavy (non-hydrogen) atoms. The van der Waals surface area contributed by atoms with Crippen LogP contribution >= 0.6 is 0 Å². The molecule has 0 amide bonds. The standard InChI is InChI=1S/C10H15N5O4S/c1-10(4-5-20(18,19)6-10)13-9-7(15(16)17)2-3-8(12-9)14-11/h2-3H,4-6,11H2,1H3,(H2,12,13,14). The van der Waals surface area contributed by atoms with Crippen LogP contribution in [0.25, 0.3) is 0 Å². The largest absolute Gasteiger partial charge is 0.358 e. The van der Waals surface area contributed by atoms with Gasteiger partial charge in [-0.15, -0.1) is 0 Å². The topological polar surface area (TPSA) is 140 Å². The Morgan fingerprint density at radius 1 is 1.50 bits per heavy atom. The van der Waals surface area contributed by atoms with Crippen molar-refractivity contribution < 1.29 is 13.3 Å². The summed E-state index contributed by atoms with van der Waals surface area (Å²) >= 11 is 0. The summed E-state index contributed by atoms with van der Waals surface area (Å²) in [6.07, 6.45) is 0.369. The molecule has 0 bridgehead atoms. The molecule has 0 aromatic carbocycles. The van der Waals surface area contributed by atoms with Crippen LogP contribution in [0.2, 0.25) is 0 Å². The Balaban J connectivity index is 2.35. The number of pyridine rings is 1. The van der Waals surface area contributed by atoms with Gasteiger partial charge in [-0.05, 0) is 19.4 Å². The van der Waals surface area contributed by atoms with Crippen molar-refractivity contribution in [2.45, 2.75) is 18.9 Å². The molecule has 1 saturated heterocycles. The van der Waals surface area contributed by atoms with Crippen molar-refractivity contribution in [1.82, 2.24) is 4.98 Å². The third kappa shape index (κ3) is 2.96. The molecule has 2 rings (SSSR count). The van der Waals surface area contributed by atoms with E-state index in [2.05, 4.69) is 15.7 Å². The van der Waals surface area contributed by atoms with E-state index in [1.807, 2.05) is 0 Å². The molecule has 0 radical (unpaired) electrons. The number of nitrogens with two attached hydrogens (primary N) is 1. The maximum absolute atomic E-state index is 11.6. The highest BCUT2D eigenvalue weighted by molar-refractivity contribution is 7.91. The fourth-order valence-electron chi connectivity index (χ4n) is 2.17. The molecule has 4 N–H and O–H groups in total. The number of hydrogen-bond donors (Lipinski definition) is 3. The van der Waals surface area contributed by atoms with E-state index in [9.17, 15) is 18.5 Å². The lowest BCUT2D eigenvalue weighted by Gasteiger charge is -2.24. The number of nitrogens with one attached hydrogen (secondary N) is 2. The summed E-state index contributed by atoms with van der Waals surface area (Å²) in [6.45, 7) is 1.70. The maximum atomic E-state index is 11.6. The predicted octanol–water partition coefficient (Wildman–Crippen LogP) is 0.265. The van der Waals surface area contributed by atoms with Gasteiger partial charge >= 0.3 is 5.69 Å². The average molecular weight is 301 g/mol. The van der Waals surface area contributed by atoms with Crippen LogP contribution in [-0.2, 0) is 9.84 Å². The third-order valence-corrected chi connectivity index (χ3v) is 5.05. The van der Waals surface area contributed by atoms with Gasteiger partial charge in [0.25, 0.3) is 0 Å². The minimum Gasteiger partial charge on any atom is -0.358 e. The first kappa shape index (κ1) is 14.5. The van der Waals surface area contributed by atoms with Crippen LogP contribution in [0, 0.1) is 10.1 Å². The molecule has 9 nitrogen and oxygen atoms in total. The van der Waals surface area contributed by atoms with Crippen molar-refractivity contribution in [3.63, 3.8) is 0 Å². The second kappa shape index (κ2) is 4.87. The molecule has 0 spiro atoms. The Hall–Kier alpha value is -1.94. The zero-order valence-electron chi connectivity index (χ0n) is 10.8. The number of aromatic nitrogens is 1. The van der Waals surface area contributed by atoms with Gasteiger partial charge < -0.3 is 10.7 Å². The smallest absolute Gasteiger partial charge is 0.311 e. The van der Waals surface area contributed by atoms with Crippen molar-refractivity contribution in [3.8, 4) is 0 Å². The van der Waals surface area contributed by atoms with Gasteiger partial charge in [0.15, 0.2) is 9.84 Å². The molecule has 1 unspecified atom stereocenters. The first-order chi connectivity index (χ1) is 9.25. The van der Waals surface area contributed by atoms with Gasteiger partial charge in [-0.1, -0.05) is 0 Å². The van der Waals surface area contributed by atoms with Crippen LogP contribution in [0.5, 0.6) is 0 Å². The number of rotatable bonds is 4. The molecule has 2 heterocycles. The van der Waals surface area contributed by atoms with Crippen molar-refractivity contribution in [3.05, 3.63) is 22.2 Å². The van der Waals surface area contributed by atoms with Gasteiger partial charge in [-0.2, -0.15) is 0 Å². The van der Waals surface area contributed by atoms with Crippen LogP contribution < -0.4 is 16.6 Å².